The third-order valence-electron chi connectivity index (χ3n) is 5.92. The van der Waals surface area contributed by atoms with Crippen LogP contribution in [-0.2, 0) is 16.0 Å². The van der Waals surface area contributed by atoms with Crippen LogP contribution in [0.15, 0.2) is 54.6 Å². The lowest BCUT2D eigenvalue weighted by atomic mass is 9.84. The van der Waals surface area contributed by atoms with Gasteiger partial charge in [-0.3, -0.25) is 9.59 Å². The Morgan fingerprint density at radius 1 is 1.13 bits per heavy atom. The number of hydrogen-bond donors (Lipinski definition) is 2. The summed E-state index contributed by atoms with van der Waals surface area (Å²) < 4.78 is 5.18. The maximum absolute atomic E-state index is 13.0. The van der Waals surface area contributed by atoms with Crippen LogP contribution in [0.3, 0.4) is 0 Å². The Balaban J connectivity index is 1.40. The van der Waals surface area contributed by atoms with E-state index in [9.17, 15) is 9.59 Å². The second kappa shape index (κ2) is 8.85. The Labute approximate surface area is 177 Å². The first-order valence-electron chi connectivity index (χ1n) is 10.3. The van der Waals surface area contributed by atoms with Gasteiger partial charge in [-0.05, 0) is 43.3 Å². The highest BCUT2D eigenvalue weighted by Crippen LogP contribution is 2.31. The number of methoxy groups -OCH3 is 1. The molecular formula is C23H28N4O3. The van der Waals surface area contributed by atoms with Crippen molar-refractivity contribution < 1.29 is 14.3 Å². The molecule has 3 atom stereocenters. The van der Waals surface area contributed by atoms with Crippen molar-refractivity contribution in [1.82, 2.24) is 15.6 Å². The van der Waals surface area contributed by atoms with Gasteiger partial charge in [-0.1, -0.05) is 30.3 Å². The molecule has 7 nitrogen and oxygen atoms in total. The largest absolute Gasteiger partial charge is 0.497 e. The summed E-state index contributed by atoms with van der Waals surface area (Å²) in [7, 11) is 3.61. The van der Waals surface area contributed by atoms with Gasteiger partial charge in [0.05, 0.1) is 30.7 Å². The van der Waals surface area contributed by atoms with Gasteiger partial charge in [0.2, 0.25) is 11.8 Å². The SMILES string of the molecule is COc1ccc(CCNC(=O)C2CN(C)CC3C(=O)N(c4ccccc4)NC23)cc1. The number of anilines is 1. The quantitative estimate of drug-likeness (QED) is 0.757. The predicted octanol–water partition coefficient (Wildman–Crippen LogP) is 1.45. The van der Waals surface area contributed by atoms with Gasteiger partial charge in [-0.2, -0.15) is 0 Å². The Hall–Kier alpha value is -2.90. The number of nitrogens with zero attached hydrogens (tertiary/aromatic N) is 2. The van der Waals surface area contributed by atoms with Gasteiger partial charge < -0.3 is 15.0 Å². The molecule has 7 heteroatoms. The summed E-state index contributed by atoms with van der Waals surface area (Å²) in [6.07, 6.45) is 0.745. The fourth-order valence-electron chi connectivity index (χ4n) is 4.32. The lowest BCUT2D eigenvalue weighted by Gasteiger charge is -2.36. The van der Waals surface area contributed by atoms with Crippen molar-refractivity contribution in [2.24, 2.45) is 11.8 Å². The minimum absolute atomic E-state index is 0.0136. The molecule has 2 aliphatic heterocycles. The Morgan fingerprint density at radius 3 is 2.57 bits per heavy atom. The van der Waals surface area contributed by atoms with Gasteiger partial charge >= 0.3 is 0 Å². The first-order valence-corrected chi connectivity index (χ1v) is 10.3. The van der Waals surface area contributed by atoms with Crippen LogP contribution in [0.1, 0.15) is 5.56 Å². The predicted molar refractivity (Wildman–Crippen MR) is 115 cm³/mol. The molecule has 4 rings (SSSR count). The third kappa shape index (κ3) is 4.17. The first kappa shape index (κ1) is 20.4. The van der Waals surface area contributed by atoms with Gasteiger partial charge in [-0.15, -0.1) is 0 Å². The number of amides is 2. The van der Waals surface area contributed by atoms with Crippen LogP contribution in [0.2, 0.25) is 0 Å². The van der Waals surface area contributed by atoms with E-state index in [1.165, 1.54) is 0 Å². The van der Waals surface area contributed by atoms with Crippen molar-refractivity contribution in [1.29, 1.82) is 0 Å². The van der Waals surface area contributed by atoms with Gasteiger partial charge in [0, 0.05) is 19.6 Å². The van der Waals surface area contributed by atoms with Crippen molar-refractivity contribution >= 4 is 17.5 Å². The van der Waals surface area contributed by atoms with E-state index in [0.29, 0.717) is 19.6 Å². The summed E-state index contributed by atoms with van der Waals surface area (Å²) in [4.78, 5) is 28.1. The van der Waals surface area contributed by atoms with E-state index in [1.54, 1.807) is 12.1 Å². The molecule has 0 aliphatic carbocycles. The maximum atomic E-state index is 13.0. The van der Waals surface area contributed by atoms with Crippen molar-refractivity contribution in [2.45, 2.75) is 12.5 Å². The number of hydrogen-bond acceptors (Lipinski definition) is 5. The zero-order valence-electron chi connectivity index (χ0n) is 17.4. The first-order chi connectivity index (χ1) is 14.6. The van der Waals surface area contributed by atoms with Crippen LogP contribution in [0.5, 0.6) is 5.75 Å². The number of ether oxygens (including phenoxy) is 1. The fourth-order valence-corrected chi connectivity index (χ4v) is 4.32. The molecule has 0 spiro atoms. The maximum Gasteiger partial charge on any atom is 0.247 e. The Bertz CT molecular complexity index is 887. The highest BCUT2D eigenvalue weighted by molar-refractivity contribution is 5.98. The monoisotopic (exact) mass is 408 g/mol. The Morgan fingerprint density at radius 2 is 1.87 bits per heavy atom. The molecule has 3 unspecified atom stereocenters. The molecule has 2 aliphatic rings. The minimum atomic E-state index is -0.290. The number of hydrazine groups is 1. The molecule has 2 N–H and O–H groups in total. The zero-order chi connectivity index (χ0) is 21.1. The lowest BCUT2D eigenvalue weighted by molar-refractivity contribution is -0.129. The molecule has 2 fully saturated rings. The molecular weight excluding hydrogens is 380 g/mol. The average Bonchev–Trinajstić information content (AvgIpc) is 3.10. The number of carbonyl (C=O) groups is 2. The lowest BCUT2D eigenvalue weighted by Crippen LogP contribution is -2.56. The summed E-state index contributed by atoms with van der Waals surface area (Å²) in [5, 5.41) is 4.67. The van der Waals surface area contributed by atoms with Crippen molar-refractivity contribution in [3.05, 3.63) is 60.2 Å². The zero-order valence-corrected chi connectivity index (χ0v) is 17.4. The molecule has 2 amide bonds. The molecule has 0 saturated carbocycles. The number of carbonyl (C=O) groups excluding carboxylic acids is 2. The molecule has 0 aromatic heterocycles. The second-order valence-corrected chi connectivity index (χ2v) is 7.99. The van der Waals surface area contributed by atoms with E-state index in [2.05, 4.69) is 15.6 Å². The molecule has 2 aromatic carbocycles. The highest BCUT2D eigenvalue weighted by atomic mass is 16.5. The molecule has 158 valence electrons. The third-order valence-corrected chi connectivity index (χ3v) is 5.92. The summed E-state index contributed by atoms with van der Waals surface area (Å²) in [5.74, 6) is 0.302. The molecule has 2 saturated heterocycles. The smallest absolute Gasteiger partial charge is 0.247 e. The number of para-hydroxylation sites is 1. The number of fused-ring (bicyclic) bond motifs is 1. The standard InChI is InChI=1S/C23H28N4O3/c1-26-14-19(22(28)24-13-12-16-8-10-18(30-2)11-9-16)21-20(15-26)23(29)27(25-21)17-6-4-3-5-7-17/h3-11,19-21,25H,12-15H2,1-2H3,(H,24,28). The van der Waals surface area contributed by atoms with Crippen molar-refractivity contribution in [3.63, 3.8) is 0 Å². The van der Waals surface area contributed by atoms with Crippen LogP contribution in [0, 0.1) is 11.8 Å². The van der Waals surface area contributed by atoms with Crippen molar-refractivity contribution in [2.75, 3.05) is 38.8 Å². The van der Waals surface area contributed by atoms with Gasteiger partial charge in [0.15, 0.2) is 0 Å². The number of likely N-dealkylation sites (tertiary alicyclic amines) is 1. The second-order valence-electron chi connectivity index (χ2n) is 7.99. The van der Waals surface area contributed by atoms with Crippen LogP contribution in [0.4, 0.5) is 5.69 Å². The van der Waals surface area contributed by atoms with E-state index < -0.39 is 0 Å². The van der Waals surface area contributed by atoms with Crippen LogP contribution < -0.4 is 20.5 Å². The van der Waals surface area contributed by atoms with Gasteiger partial charge in [0.1, 0.15) is 5.75 Å². The fraction of sp³-hybridized carbons (Fsp3) is 0.391. The van der Waals surface area contributed by atoms with Crippen LogP contribution in [0.25, 0.3) is 0 Å². The summed E-state index contributed by atoms with van der Waals surface area (Å²) in [6.45, 7) is 1.83. The van der Waals surface area contributed by atoms with E-state index in [4.69, 9.17) is 4.74 Å². The topological polar surface area (TPSA) is 73.9 Å². The van der Waals surface area contributed by atoms with Gasteiger partial charge in [-0.25, -0.2) is 10.4 Å². The molecule has 0 bridgehead atoms. The summed E-state index contributed by atoms with van der Waals surface area (Å²) in [5.41, 5.74) is 5.26. The molecule has 0 radical (unpaired) electrons. The summed E-state index contributed by atoms with van der Waals surface area (Å²) in [6, 6.07) is 17.2. The number of nitrogens with one attached hydrogen (secondary N) is 2. The van der Waals surface area contributed by atoms with Crippen LogP contribution >= 0.6 is 0 Å². The average molecular weight is 409 g/mol. The Kier molecular flexibility index (Phi) is 6.01. The van der Waals surface area contributed by atoms with E-state index >= 15 is 0 Å². The van der Waals surface area contributed by atoms with Crippen LogP contribution in [-0.4, -0.2) is 56.5 Å². The molecule has 2 aromatic rings. The number of piperidine rings is 1. The van der Waals surface area contributed by atoms with E-state index in [1.807, 2.05) is 61.6 Å². The number of benzene rings is 2. The number of rotatable bonds is 6. The van der Waals surface area contributed by atoms with Gasteiger partial charge in [0.25, 0.3) is 0 Å². The van der Waals surface area contributed by atoms with E-state index in [-0.39, 0.29) is 29.7 Å². The summed E-state index contributed by atoms with van der Waals surface area (Å²) >= 11 is 0. The highest BCUT2D eigenvalue weighted by Gasteiger charge is 2.50. The minimum Gasteiger partial charge on any atom is -0.497 e. The molecule has 2 heterocycles. The molecule has 30 heavy (non-hydrogen) atoms. The van der Waals surface area contributed by atoms with E-state index in [0.717, 1.165) is 23.4 Å². The normalized spacial score (nSPS) is 23.9. The van der Waals surface area contributed by atoms with Crippen molar-refractivity contribution in [3.8, 4) is 5.75 Å².